The van der Waals surface area contributed by atoms with E-state index in [1.807, 2.05) is 6.92 Å². The van der Waals surface area contributed by atoms with Crippen LogP contribution >= 0.6 is 0 Å². The number of aromatic nitrogens is 4. The lowest BCUT2D eigenvalue weighted by molar-refractivity contribution is 0.104. The first kappa shape index (κ1) is 12.3. The molecule has 2 aromatic rings. The number of ether oxygens (including phenoxy) is 1. The monoisotopic (exact) mass is 261 g/mol. The maximum Gasteiger partial charge on any atom is 0.160 e. The van der Waals surface area contributed by atoms with E-state index in [4.69, 9.17) is 4.74 Å². The molecular formula is C13H19N5O. The quantitative estimate of drug-likeness (QED) is 0.905. The number of aromatic amines is 1. The van der Waals surface area contributed by atoms with Crippen molar-refractivity contribution in [1.82, 2.24) is 20.2 Å². The molecule has 1 saturated heterocycles. The third-order valence-corrected chi connectivity index (χ3v) is 3.60. The van der Waals surface area contributed by atoms with Crippen molar-refractivity contribution in [3.8, 4) is 0 Å². The van der Waals surface area contributed by atoms with Crippen molar-refractivity contribution in [3.63, 3.8) is 0 Å². The second kappa shape index (κ2) is 5.52. The molecule has 102 valence electrons. The average molecular weight is 261 g/mol. The molecule has 0 aliphatic carbocycles. The highest BCUT2D eigenvalue weighted by Gasteiger charge is 2.22. The highest BCUT2D eigenvalue weighted by atomic mass is 16.5. The Labute approximate surface area is 112 Å². The van der Waals surface area contributed by atoms with Crippen molar-refractivity contribution < 1.29 is 4.74 Å². The maximum atomic E-state index is 5.55. The van der Waals surface area contributed by atoms with E-state index in [9.17, 15) is 0 Å². The van der Waals surface area contributed by atoms with Gasteiger partial charge >= 0.3 is 0 Å². The van der Waals surface area contributed by atoms with Crippen LogP contribution in [0.1, 0.15) is 19.8 Å². The number of nitrogens with zero attached hydrogens (tertiary/aromatic N) is 4. The standard InChI is InChI=1S/C13H19N5O/c1-2-19-8-10-4-3-5-18(7-10)13-11-6-16-17-12(11)14-9-15-13/h6,9-10H,2-5,7-8H2,1H3,(H,14,15,16,17). The number of rotatable bonds is 4. The van der Waals surface area contributed by atoms with Gasteiger partial charge in [-0.1, -0.05) is 0 Å². The van der Waals surface area contributed by atoms with Crippen molar-refractivity contribution >= 4 is 16.9 Å². The number of hydrogen-bond donors (Lipinski definition) is 1. The molecule has 1 atom stereocenters. The fraction of sp³-hybridized carbons (Fsp3) is 0.615. The van der Waals surface area contributed by atoms with E-state index >= 15 is 0 Å². The van der Waals surface area contributed by atoms with Gasteiger partial charge in [0.15, 0.2) is 5.65 Å². The molecule has 1 N–H and O–H groups in total. The van der Waals surface area contributed by atoms with Gasteiger partial charge in [0.2, 0.25) is 0 Å². The minimum atomic E-state index is 0.589. The molecule has 0 spiro atoms. The van der Waals surface area contributed by atoms with Gasteiger partial charge in [-0.2, -0.15) is 5.10 Å². The first-order valence-corrected chi connectivity index (χ1v) is 6.85. The molecule has 3 rings (SSSR count). The third-order valence-electron chi connectivity index (χ3n) is 3.60. The first-order valence-electron chi connectivity index (χ1n) is 6.85. The third kappa shape index (κ3) is 2.53. The van der Waals surface area contributed by atoms with Crippen molar-refractivity contribution in [2.24, 2.45) is 5.92 Å². The molecule has 19 heavy (non-hydrogen) atoms. The topological polar surface area (TPSA) is 66.9 Å². The van der Waals surface area contributed by atoms with Gasteiger partial charge < -0.3 is 9.64 Å². The van der Waals surface area contributed by atoms with Crippen LogP contribution in [0.5, 0.6) is 0 Å². The summed E-state index contributed by atoms with van der Waals surface area (Å²) in [6, 6.07) is 0. The van der Waals surface area contributed by atoms with E-state index in [1.165, 1.54) is 12.8 Å². The van der Waals surface area contributed by atoms with E-state index in [0.29, 0.717) is 5.92 Å². The summed E-state index contributed by atoms with van der Waals surface area (Å²) in [5, 5.41) is 7.94. The second-order valence-corrected chi connectivity index (χ2v) is 4.94. The van der Waals surface area contributed by atoms with Crippen LogP contribution in [0.3, 0.4) is 0 Å². The van der Waals surface area contributed by atoms with Gasteiger partial charge in [-0.25, -0.2) is 9.97 Å². The Morgan fingerprint density at radius 1 is 1.47 bits per heavy atom. The number of fused-ring (bicyclic) bond motifs is 1. The normalized spacial score (nSPS) is 20.1. The Morgan fingerprint density at radius 3 is 3.32 bits per heavy atom. The molecule has 0 radical (unpaired) electrons. The van der Waals surface area contributed by atoms with Crippen LogP contribution in [0.25, 0.3) is 11.0 Å². The van der Waals surface area contributed by atoms with E-state index in [-0.39, 0.29) is 0 Å². The molecule has 0 saturated carbocycles. The summed E-state index contributed by atoms with van der Waals surface area (Å²) in [5.74, 6) is 1.57. The highest BCUT2D eigenvalue weighted by Crippen LogP contribution is 2.26. The number of nitrogens with one attached hydrogen (secondary N) is 1. The summed E-state index contributed by atoms with van der Waals surface area (Å²) in [4.78, 5) is 10.9. The van der Waals surface area contributed by atoms with Gasteiger partial charge in [-0.15, -0.1) is 0 Å². The molecule has 1 aliphatic heterocycles. The fourth-order valence-corrected chi connectivity index (χ4v) is 2.68. The number of piperidine rings is 1. The Kier molecular flexibility index (Phi) is 3.59. The Morgan fingerprint density at radius 2 is 2.42 bits per heavy atom. The van der Waals surface area contributed by atoms with Crippen LogP contribution in [0.4, 0.5) is 5.82 Å². The predicted octanol–water partition coefficient (Wildman–Crippen LogP) is 1.61. The molecule has 1 fully saturated rings. The number of anilines is 1. The minimum absolute atomic E-state index is 0.589. The highest BCUT2D eigenvalue weighted by molar-refractivity contribution is 5.86. The molecule has 0 bridgehead atoms. The molecule has 6 nitrogen and oxygen atoms in total. The van der Waals surface area contributed by atoms with Crippen molar-refractivity contribution in [3.05, 3.63) is 12.5 Å². The lowest BCUT2D eigenvalue weighted by Crippen LogP contribution is -2.37. The molecule has 6 heteroatoms. The second-order valence-electron chi connectivity index (χ2n) is 4.94. The maximum absolute atomic E-state index is 5.55. The van der Waals surface area contributed by atoms with Crippen LogP contribution in [-0.2, 0) is 4.74 Å². The first-order chi connectivity index (χ1) is 9.38. The average Bonchev–Trinajstić information content (AvgIpc) is 2.93. The molecular weight excluding hydrogens is 242 g/mol. The SMILES string of the molecule is CCOCC1CCCN(c2ncnc3[nH]ncc23)C1. The van der Waals surface area contributed by atoms with Gasteiger partial charge in [0.1, 0.15) is 12.1 Å². The van der Waals surface area contributed by atoms with Gasteiger partial charge in [-0.05, 0) is 25.7 Å². The van der Waals surface area contributed by atoms with Gasteiger partial charge in [-0.3, -0.25) is 5.10 Å². The van der Waals surface area contributed by atoms with Crippen molar-refractivity contribution in [2.75, 3.05) is 31.2 Å². The number of H-pyrrole nitrogens is 1. The van der Waals surface area contributed by atoms with E-state index in [2.05, 4.69) is 25.1 Å². The summed E-state index contributed by atoms with van der Waals surface area (Å²) in [6.45, 7) is 5.71. The molecule has 1 aliphatic rings. The molecule has 0 aromatic carbocycles. The predicted molar refractivity (Wildman–Crippen MR) is 73.1 cm³/mol. The van der Waals surface area contributed by atoms with Gasteiger partial charge in [0.05, 0.1) is 18.2 Å². The number of hydrogen-bond acceptors (Lipinski definition) is 5. The van der Waals surface area contributed by atoms with Crippen molar-refractivity contribution in [1.29, 1.82) is 0 Å². The molecule has 2 aromatic heterocycles. The summed E-state index contributed by atoms with van der Waals surface area (Å²) in [5.41, 5.74) is 0.803. The Hall–Kier alpha value is -1.69. The zero-order valence-electron chi connectivity index (χ0n) is 11.2. The van der Waals surface area contributed by atoms with E-state index < -0.39 is 0 Å². The molecule has 3 heterocycles. The van der Waals surface area contributed by atoms with E-state index in [0.717, 1.165) is 43.2 Å². The van der Waals surface area contributed by atoms with Crippen LogP contribution in [0, 0.1) is 5.92 Å². The lowest BCUT2D eigenvalue weighted by Gasteiger charge is -2.33. The van der Waals surface area contributed by atoms with E-state index in [1.54, 1.807) is 12.5 Å². The largest absolute Gasteiger partial charge is 0.381 e. The minimum Gasteiger partial charge on any atom is -0.381 e. The fourth-order valence-electron chi connectivity index (χ4n) is 2.68. The van der Waals surface area contributed by atoms with Crippen LogP contribution < -0.4 is 4.90 Å². The lowest BCUT2D eigenvalue weighted by atomic mass is 9.99. The Bertz CT molecular complexity index is 541. The molecule has 1 unspecified atom stereocenters. The Balaban J connectivity index is 1.79. The van der Waals surface area contributed by atoms with Crippen LogP contribution in [-0.4, -0.2) is 46.5 Å². The van der Waals surface area contributed by atoms with Gasteiger partial charge in [0.25, 0.3) is 0 Å². The summed E-state index contributed by atoms with van der Waals surface area (Å²) in [6.07, 6.45) is 5.82. The summed E-state index contributed by atoms with van der Waals surface area (Å²) >= 11 is 0. The van der Waals surface area contributed by atoms with Crippen LogP contribution in [0.15, 0.2) is 12.5 Å². The van der Waals surface area contributed by atoms with Gasteiger partial charge in [0, 0.05) is 19.7 Å². The zero-order chi connectivity index (χ0) is 13.1. The molecule has 0 amide bonds. The summed E-state index contributed by atoms with van der Waals surface area (Å²) < 4.78 is 5.55. The smallest absolute Gasteiger partial charge is 0.160 e. The van der Waals surface area contributed by atoms with Crippen molar-refractivity contribution in [2.45, 2.75) is 19.8 Å². The summed E-state index contributed by atoms with van der Waals surface area (Å²) in [7, 11) is 0. The van der Waals surface area contributed by atoms with Crippen LogP contribution in [0.2, 0.25) is 0 Å². The zero-order valence-corrected chi connectivity index (χ0v) is 11.2.